The van der Waals surface area contributed by atoms with Crippen LogP contribution in [0.2, 0.25) is 0 Å². The Hall–Kier alpha value is -1.39. The highest BCUT2D eigenvalue weighted by Crippen LogP contribution is 2.15. The molecule has 0 N–H and O–H groups in total. The molecular weight excluding hydrogens is 204 g/mol. The first-order valence-electron chi connectivity index (χ1n) is 3.76. The minimum atomic E-state index is -3.63. The second kappa shape index (κ2) is 3.40. The Morgan fingerprint density at radius 2 is 2.14 bits per heavy atom. The molecule has 0 saturated carbocycles. The fourth-order valence-electron chi connectivity index (χ4n) is 0.883. The topological polar surface area (TPSA) is 59.6 Å². The van der Waals surface area contributed by atoms with Gasteiger partial charge in [-0.3, -0.25) is 0 Å². The average molecular weight is 214 g/mol. The Morgan fingerprint density at radius 1 is 1.57 bits per heavy atom. The molecule has 6 nitrogen and oxygen atoms in total. The predicted molar refractivity (Wildman–Crippen MR) is 51.2 cm³/mol. The van der Waals surface area contributed by atoms with Crippen LogP contribution in [0.3, 0.4) is 0 Å². The monoisotopic (exact) mass is 214 g/mol. The quantitative estimate of drug-likeness (QED) is 0.669. The molecule has 0 fully saturated rings. The van der Waals surface area contributed by atoms with Crippen LogP contribution >= 0.6 is 0 Å². The van der Waals surface area contributed by atoms with Gasteiger partial charge in [0.05, 0.1) is 0 Å². The highest BCUT2D eigenvalue weighted by atomic mass is 32.2. The van der Waals surface area contributed by atoms with E-state index in [9.17, 15) is 8.42 Å². The molecular formula is C7H10N4O2S. The van der Waals surface area contributed by atoms with Crippen molar-refractivity contribution in [2.75, 3.05) is 14.1 Å². The molecule has 0 amide bonds. The summed E-state index contributed by atoms with van der Waals surface area (Å²) in [7, 11) is -0.823. The van der Waals surface area contributed by atoms with Gasteiger partial charge in [0.15, 0.2) is 0 Å². The molecule has 14 heavy (non-hydrogen) atoms. The lowest BCUT2D eigenvalue weighted by molar-refractivity contribution is 0.511. The zero-order valence-electron chi connectivity index (χ0n) is 8.09. The molecule has 0 aliphatic heterocycles. The van der Waals surface area contributed by atoms with Crippen molar-refractivity contribution in [1.82, 2.24) is 13.3 Å². The lowest BCUT2D eigenvalue weighted by Crippen LogP contribution is -2.28. The molecule has 0 spiro atoms. The maximum Gasteiger partial charge on any atom is 0.355 e. The number of hydrogen-bond donors (Lipinski definition) is 0. The Kier molecular flexibility index (Phi) is 2.59. The summed E-state index contributed by atoms with van der Waals surface area (Å²) in [6.07, 6.45) is 1.32. The van der Waals surface area contributed by atoms with Gasteiger partial charge in [-0.05, 0) is 6.92 Å². The van der Waals surface area contributed by atoms with Crippen LogP contribution in [0.4, 0.5) is 5.95 Å². The van der Waals surface area contributed by atoms with Crippen LogP contribution in [-0.2, 0) is 10.2 Å². The van der Waals surface area contributed by atoms with Gasteiger partial charge in [0.25, 0.3) is 0 Å². The summed E-state index contributed by atoms with van der Waals surface area (Å²) < 4.78 is 25.2. The van der Waals surface area contributed by atoms with Crippen molar-refractivity contribution in [2.24, 2.45) is 0 Å². The van der Waals surface area contributed by atoms with Gasteiger partial charge < -0.3 is 4.85 Å². The molecule has 0 radical (unpaired) electrons. The minimum Gasteiger partial charge on any atom is -0.396 e. The fourth-order valence-corrected chi connectivity index (χ4v) is 1.81. The van der Waals surface area contributed by atoms with Crippen LogP contribution in [0.25, 0.3) is 4.85 Å². The molecule has 7 heteroatoms. The molecule has 0 bridgehead atoms. The molecule has 0 saturated heterocycles. The third-order valence-electron chi connectivity index (χ3n) is 1.59. The minimum absolute atomic E-state index is 0.142. The summed E-state index contributed by atoms with van der Waals surface area (Å²) in [4.78, 5) is 6.82. The highest BCUT2D eigenvalue weighted by molar-refractivity contribution is 7.87. The van der Waals surface area contributed by atoms with Crippen molar-refractivity contribution in [3.8, 4) is 0 Å². The van der Waals surface area contributed by atoms with E-state index in [0.717, 1.165) is 8.28 Å². The molecule has 0 aliphatic rings. The largest absolute Gasteiger partial charge is 0.396 e. The third-order valence-corrected chi connectivity index (χ3v) is 3.28. The van der Waals surface area contributed by atoms with Crippen molar-refractivity contribution in [2.45, 2.75) is 6.92 Å². The number of rotatable bonds is 2. The van der Waals surface area contributed by atoms with Gasteiger partial charge in [0.2, 0.25) is 0 Å². The summed E-state index contributed by atoms with van der Waals surface area (Å²) in [6, 6.07) is 0. The van der Waals surface area contributed by atoms with Crippen molar-refractivity contribution in [3.63, 3.8) is 0 Å². The van der Waals surface area contributed by atoms with Gasteiger partial charge in [0.1, 0.15) is 11.9 Å². The van der Waals surface area contributed by atoms with Gasteiger partial charge in [-0.15, -0.1) is 6.57 Å². The molecule has 76 valence electrons. The van der Waals surface area contributed by atoms with Crippen LogP contribution in [0.5, 0.6) is 0 Å². The lowest BCUT2D eigenvalue weighted by atomic mass is 10.6. The van der Waals surface area contributed by atoms with E-state index in [4.69, 9.17) is 6.57 Å². The Labute approximate surface area is 82.8 Å². The van der Waals surface area contributed by atoms with Crippen LogP contribution in [-0.4, -0.2) is 35.8 Å². The summed E-state index contributed by atoms with van der Waals surface area (Å²) in [5.74, 6) is -0.142. The van der Waals surface area contributed by atoms with Gasteiger partial charge in [0, 0.05) is 14.1 Å². The molecule has 1 aromatic heterocycles. The Bertz CT molecular complexity index is 480. The normalized spacial score (nSPS) is 11.6. The predicted octanol–water partition coefficient (Wildman–Crippen LogP) is 0.397. The number of aryl methyl sites for hydroxylation is 1. The zero-order valence-corrected chi connectivity index (χ0v) is 8.91. The summed E-state index contributed by atoms with van der Waals surface area (Å²) in [5, 5.41) is 0. The summed E-state index contributed by atoms with van der Waals surface area (Å²) in [5.41, 5.74) is 0.501. The van der Waals surface area contributed by atoms with Crippen molar-refractivity contribution in [3.05, 3.63) is 23.3 Å². The molecule has 1 aromatic rings. The summed E-state index contributed by atoms with van der Waals surface area (Å²) >= 11 is 0. The van der Waals surface area contributed by atoms with Gasteiger partial charge in [-0.25, -0.2) is 0 Å². The van der Waals surface area contributed by atoms with Crippen LogP contribution in [0, 0.1) is 13.5 Å². The van der Waals surface area contributed by atoms with E-state index in [1.54, 1.807) is 6.92 Å². The average Bonchev–Trinajstić information content (AvgIpc) is 2.46. The molecule has 0 unspecified atom stereocenters. The maximum absolute atomic E-state index is 11.6. The van der Waals surface area contributed by atoms with E-state index in [1.807, 2.05) is 0 Å². The van der Waals surface area contributed by atoms with Crippen LogP contribution < -0.4 is 0 Å². The number of aromatic nitrogens is 2. The smallest absolute Gasteiger partial charge is 0.355 e. The Balaban J connectivity index is 3.41. The second-order valence-electron chi connectivity index (χ2n) is 2.88. The molecule has 0 aromatic carbocycles. The van der Waals surface area contributed by atoms with E-state index in [1.165, 1.54) is 20.3 Å². The van der Waals surface area contributed by atoms with Crippen LogP contribution in [0.15, 0.2) is 6.20 Å². The molecule has 1 heterocycles. The first kappa shape index (κ1) is 10.7. The van der Waals surface area contributed by atoms with E-state index < -0.39 is 10.2 Å². The third kappa shape index (κ3) is 1.62. The number of nitrogens with zero attached hydrogens (tertiary/aromatic N) is 4. The maximum atomic E-state index is 11.6. The molecule has 0 aliphatic carbocycles. The standard InChI is InChI=1S/C7H10N4O2S/c1-6-5-11(7(8-2)9-6)14(12,13)10(3)4/h5H,1,3-4H3. The highest BCUT2D eigenvalue weighted by Gasteiger charge is 2.23. The first-order chi connectivity index (χ1) is 6.39. The summed E-state index contributed by atoms with van der Waals surface area (Å²) in [6.45, 7) is 8.41. The SMILES string of the molecule is [C-]#[N+]c1nc(C)cn1S(=O)(=O)N(C)C. The van der Waals surface area contributed by atoms with Crippen molar-refractivity contribution < 1.29 is 8.42 Å². The van der Waals surface area contributed by atoms with Crippen LogP contribution in [0.1, 0.15) is 5.69 Å². The second-order valence-corrected chi connectivity index (χ2v) is 4.90. The van der Waals surface area contributed by atoms with E-state index in [2.05, 4.69) is 9.83 Å². The van der Waals surface area contributed by atoms with Gasteiger partial charge in [-0.2, -0.15) is 21.7 Å². The van der Waals surface area contributed by atoms with E-state index >= 15 is 0 Å². The Morgan fingerprint density at radius 3 is 2.57 bits per heavy atom. The number of imidazole rings is 1. The number of hydrogen-bond acceptors (Lipinski definition) is 3. The van der Waals surface area contributed by atoms with E-state index in [-0.39, 0.29) is 5.95 Å². The fraction of sp³-hybridized carbons (Fsp3) is 0.429. The first-order valence-corrected chi connectivity index (χ1v) is 5.15. The lowest BCUT2D eigenvalue weighted by Gasteiger charge is -2.09. The molecule has 1 rings (SSSR count). The molecule has 0 atom stereocenters. The van der Waals surface area contributed by atoms with Gasteiger partial charge in [-0.1, -0.05) is 0 Å². The van der Waals surface area contributed by atoms with Crippen molar-refractivity contribution >= 4 is 16.2 Å². The van der Waals surface area contributed by atoms with E-state index in [0.29, 0.717) is 5.69 Å². The zero-order chi connectivity index (χ0) is 10.9. The van der Waals surface area contributed by atoms with Gasteiger partial charge >= 0.3 is 16.2 Å². The van der Waals surface area contributed by atoms with Crippen molar-refractivity contribution in [1.29, 1.82) is 0 Å².